The maximum absolute atomic E-state index is 12.9. The summed E-state index contributed by atoms with van der Waals surface area (Å²) in [5, 5.41) is 5.86. The minimum absolute atomic E-state index is 0.0777. The summed E-state index contributed by atoms with van der Waals surface area (Å²) >= 11 is 0. The van der Waals surface area contributed by atoms with Crippen molar-refractivity contribution < 1.29 is 14.4 Å². The lowest BCUT2D eigenvalue weighted by molar-refractivity contribution is -0.137. The first-order valence-corrected chi connectivity index (χ1v) is 10.1. The van der Waals surface area contributed by atoms with Crippen LogP contribution >= 0.6 is 0 Å². The van der Waals surface area contributed by atoms with E-state index in [9.17, 15) is 14.4 Å². The first kappa shape index (κ1) is 19.1. The maximum atomic E-state index is 12.9. The van der Waals surface area contributed by atoms with Gasteiger partial charge in [0.15, 0.2) is 0 Å². The molecule has 0 aromatic carbocycles. The number of imide groups is 1. The van der Waals surface area contributed by atoms with Crippen LogP contribution in [-0.2, 0) is 9.59 Å². The molecule has 0 aromatic rings. The molecule has 1 saturated heterocycles. The highest BCUT2D eigenvalue weighted by atomic mass is 16.2. The van der Waals surface area contributed by atoms with Crippen molar-refractivity contribution in [1.29, 1.82) is 0 Å². The number of hydrogen-bond donors (Lipinski definition) is 3. The fourth-order valence-corrected chi connectivity index (χ4v) is 4.94. The van der Waals surface area contributed by atoms with E-state index in [1.165, 1.54) is 19.3 Å². The Bertz CT molecular complexity index is 561. The molecule has 146 valence electrons. The fourth-order valence-electron chi connectivity index (χ4n) is 4.94. The van der Waals surface area contributed by atoms with E-state index >= 15 is 0 Å². The van der Waals surface area contributed by atoms with Gasteiger partial charge in [-0.3, -0.25) is 14.5 Å². The standard InChI is InChI=1S/C19H32N4O3/c1-13-7-5-6-10-19(13)17(25)23(18(26)22-19)12-16(24)21-15(11-20)14-8-3-2-4-9-14/h13-15H,2-12,20H2,1H3,(H,21,24)(H,22,26). The molecule has 3 fully saturated rings. The molecule has 7 nitrogen and oxygen atoms in total. The molecule has 3 aliphatic rings. The first-order valence-electron chi connectivity index (χ1n) is 10.1. The summed E-state index contributed by atoms with van der Waals surface area (Å²) in [6.07, 6.45) is 9.31. The number of amides is 4. The SMILES string of the molecule is CC1CCCCC12NC(=O)N(CC(=O)NC(CN)C1CCCCC1)C2=O. The Morgan fingerprint density at radius 3 is 2.58 bits per heavy atom. The van der Waals surface area contributed by atoms with Gasteiger partial charge in [0.25, 0.3) is 5.91 Å². The van der Waals surface area contributed by atoms with Crippen LogP contribution in [0.2, 0.25) is 0 Å². The van der Waals surface area contributed by atoms with Crippen LogP contribution in [0.4, 0.5) is 4.79 Å². The predicted octanol–water partition coefficient (Wildman–Crippen LogP) is 1.51. The summed E-state index contributed by atoms with van der Waals surface area (Å²) in [5.74, 6) is -0.0489. The van der Waals surface area contributed by atoms with Gasteiger partial charge in [-0.2, -0.15) is 0 Å². The third kappa shape index (κ3) is 3.59. The highest BCUT2D eigenvalue weighted by molar-refractivity contribution is 6.09. The minimum atomic E-state index is -0.813. The second kappa shape index (κ2) is 7.94. The Morgan fingerprint density at radius 2 is 1.92 bits per heavy atom. The molecule has 3 atom stereocenters. The van der Waals surface area contributed by atoms with Crippen LogP contribution in [0.15, 0.2) is 0 Å². The van der Waals surface area contributed by atoms with Gasteiger partial charge in [-0.1, -0.05) is 39.0 Å². The zero-order valence-electron chi connectivity index (χ0n) is 15.8. The smallest absolute Gasteiger partial charge is 0.325 e. The molecule has 1 aliphatic heterocycles. The van der Waals surface area contributed by atoms with E-state index in [1.54, 1.807) is 0 Å². The average molecular weight is 364 g/mol. The van der Waals surface area contributed by atoms with Crippen LogP contribution in [0.25, 0.3) is 0 Å². The van der Waals surface area contributed by atoms with Gasteiger partial charge in [0.2, 0.25) is 5.91 Å². The molecular formula is C19H32N4O3. The van der Waals surface area contributed by atoms with Crippen LogP contribution in [0.5, 0.6) is 0 Å². The molecule has 1 spiro atoms. The van der Waals surface area contributed by atoms with Gasteiger partial charge in [0.05, 0.1) is 0 Å². The minimum Gasteiger partial charge on any atom is -0.350 e. The van der Waals surface area contributed by atoms with E-state index in [1.807, 2.05) is 6.92 Å². The lowest BCUT2D eigenvalue weighted by Crippen LogP contribution is -2.54. The summed E-state index contributed by atoms with van der Waals surface area (Å²) in [4.78, 5) is 38.9. The van der Waals surface area contributed by atoms with Crippen molar-refractivity contribution in [2.45, 2.75) is 76.3 Å². The number of urea groups is 1. The van der Waals surface area contributed by atoms with Crippen LogP contribution in [-0.4, -0.2) is 47.4 Å². The molecule has 26 heavy (non-hydrogen) atoms. The maximum Gasteiger partial charge on any atom is 0.325 e. The molecule has 1 heterocycles. The van der Waals surface area contributed by atoms with Crippen LogP contribution in [0.1, 0.15) is 64.7 Å². The molecule has 0 radical (unpaired) electrons. The van der Waals surface area contributed by atoms with Crippen molar-refractivity contribution in [2.75, 3.05) is 13.1 Å². The zero-order chi connectivity index (χ0) is 18.7. The Labute approximate surface area is 155 Å². The fraction of sp³-hybridized carbons (Fsp3) is 0.842. The molecular weight excluding hydrogens is 332 g/mol. The summed E-state index contributed by atoms with van der Waals surface area (Å²) in [7, 11) is 0. The number of nitrogens with zero attached hydrogens (tertiary/aromatic N) is 1. The van der Waals surface area contributed by atoms with Crippen LogP contribution in [0.3, 0.4) is 0 Å². The quantitative estimate of drug-likeness (QED) is 0.643. The second-order valence-electron chi connectivity index (χ2n) is 8.25. The van der Waals surface area contributed by atoms with E-state index in [4.69, 9.17) is 5.73 Å². The van der Waals surface area contributed by atoms with Gasteiger partial charge in [0, 0.05) is 12.6 Å². The van der Waals surface area contributed by atoms with E-state index in [0.29, 0.717) is 18.9 Å². The first-order chi connectivity index (χ1) is 12.5. The van der Waals surface area contributed by atoms with Gasteiger partial charge >= 0.3 is 6.03 Å². The lowest BCUT2D eigenvalue weighted by Gasteiger charge is -2.36. The monoisotopic (exact) mass is 364 g/mol. The Hall–Kier alpha value is -1.63. The average Bonchev–Trinajstić information content (AvgIpc) is 2.88. The van der Waals surface area contributed by atoms with E-state index in [-0.39, 0.29) is 30.3 Å². The zero-order valence-corrected chi connectivity index (χ0v) is 15.8. The van der Waals surface area contributed by atoms with Crippen molar-refractivity contribution in [1.82, 2.24) is 15.5 Å². The molecule has 3 unspecified atom stereocenters. The van der Waals surface area contributed by atoms with Gasteiger partial charge in [-0.25, -0.2) is 4.79 Å². The van der Waals surface area contributed by atoms with E-state index in [2.05, 4.69) is 10.6 Å². The molecule has 7 heteroatoms. The normalized spacial score (nSPS) is 31.2. The number of carbonyl (C=O) groups excluding carboxylic acids is 3. The van der Waals surface area contributed by atoms with E-state index < -0.39 is 11.6 Å². The summed E-state index contributed by atoms with van der Waals surface area (Å²) in [5.41, 5.74) is 5.06. The molecule has 3 rings (SSSR count). The number of nitrogens with two attached hydrogens (primary N) is 1. The number of hydrogen-bond acceptors (Lipinski definition) is 4. The molecule has 4 amide bonds. The third-order valence-corrected chi connectivity index (χ3v) is 6.62. The van der Waals surface area contributed by atoms with Crippen LogP contribution in [0, 0.1) is 11.8 Å². The van der Waals surface area contributed by atoms with Crippen molar-refractivity contribution in [3.63, 3.8) is 0 Å². The van der Waals surface area contributed by atoms with Gasteiger partial charge in [-0.05, 0) is 37.5 Å². The Morgan fingerprint density at radius 1 is 1.23 bits per heavy atom. The molecule has 2 saturated carbocycles. The van der Waals surface area contributed by atoms with Crippen molar-refractivity contribution >= 4 is 17.8 Å². The molecule has 4 N–H and O–H groups in total. The largest absolute Gasteiger partial charge is 0.350 e. The number of carbonyl (C=O) groups is 3. The van der Waals surface area contributed by atoms with Gasteiger partial charge < -0.3 is 16.4 Å². The van der Waals surface area contributed by atoms with Crippen molar-refractivity contribution in [3.05, 3.63) is 0 Å². The topological polar surface area (TPSA) is 105 Å². The third-order valence-electron chi connectivity index (χ3n) is 6.62. The molecule has 0 aromatic heterocycles. The van der Waals surface area contributed by atoms with Crippen molar-refractivity contribution in [2.24, 2.45) is 17.6 Å². The van der Waals surface area contributed by atoms with Crippen LogP contribution < -0.4 is 16.4 Å². The summed E-state index contributed by atoms with van der Waals surface area (Å²) in [6.45, 7) is 2.17. The number of nitrogens with one attached hydrogen (secondary N) is 2. The molecule has 0 bridgehead atoms. The summed E-state index contributed by atoms with van der Waals surface area (Å²) < 4.78 is 0. The summed E-state index contributed by atoms with van der Waals surface area (Å²) in [6, 6.07) is -0.521. The van der Waals surface area contributed by atoms with Crippen molar-refractivity contribution in [3.8, 4) is 0 Å². The van der Waals surface area contributed by atoms with Gasteiger partial charge in [0.1, 0.15) is 12.1 Å². The predicted molar refractivity (Wildman–Crippen MR) is 98.2 cm³/mol. The van der Waals surface area contributed by atoms with Gasteiger partial charge in [-0.15, -0.1) is 0 Å². The van der Waals surface area contributed by atoms with E-state index in [0.717, 1.165) is 37.0 Å². The Balaban J connectivity index is 1.61. The lowest BCUT2D eigenvalue weighted by atomic mass is 9.73. The second-order valence-corrected chi connectivity index (χ2v) is 8.25. The highest BCUT2D eigenvalue weighted by Gasteiger charge is 2.55. The Kier molecular flexibility index (Phi) is 5.85. The highest BCUT2D eigenvalue weighted by Crippen LogP contribution is 2.38. The molecule has 2 aliphatic carbocycles. The number of rotatable bonds is 5.